The van der Waals surface area contributed by atoms with Crippen molar-refractivity contribution in [3.8, 4) is 11.3 Å². The fraction of sp³-hybridized carbons (Fsp3) is 0.0769. The van der Waals surface area contributed by atoms with E-state index in [1.54, 1.807) is 5.32 Å². The molecule has 0 atom stereocenters. The Kier molecular flexibility index (Phi) is 3.70. The molecule has 21 heavy (non-hydrogen) atoms. The van der Waals surface area contributed by atoms with Gasteiger partial charge in [-0.25, -0.2) is 4.79 Å². The molecular weight excluding hydrogens is 291 g/mol. The van der Waals surface area contributed by atoms with Gasteiger partial charge in [-0.15, -0.1) is 0 Å². The Morgan fingerprint density at radius 2 is 1.67 bits per heavy atom. The number of rotatable bonds is 3. The maximum absolute atomic E-state index is 12.1. The minimum atomic E-state index is -4.96. The van der Waals surface area contributed by atoms with Gasteiger partial charge in [-0.2, -0.15) is 13.2 Å². The molecule has 0 aliphatic carbocycles. The summed E-state index contributed by atoms with van der Waals surface area (Å²) in [5.74, 6) is -3.29. The van der Waals surface area contributed by atoms with Gasteiger partial charge in [0.1, 0.15) is 5.76 Å². The summed E-state index contributed by atoms with van der Waals surface area (Å²) in [5.41, 5.74) is 0.429. The minimum Gasteiger partial charge on any atom is -0.475 e. The molecule has 1 heterocycles. The summed E-state index contributed by atoms with van der Waals surface area (Å²) in [5, 5.41) is 10.4. The fourth-order valence-corrected chi connectivity index (χ4v) is 1.53. The molecule has 0 aliphatic rings. The van der Waals surface area contributed by atoms with Crippen molar-refractivity contribution in [2.75, 3.05) is 5.32 Å². The maximum Gasteiger partial charge on any atom is 0.471 e. The van der Waals surface area contributed by atoms with Crippen LogP contribution in [0.5, 0.6) is 0 Å². The molecule has 0 saturated carbocycles. The molecule has 0 unspecified atom stereocenters. The molecule has 0 radical (unpaired) electrons. The number of carbonyl (C=O) groups excluding carboxylic acids is 1. The van der Waals surface area contributed by atoms with Crippen LogP contribution in [0, 0.1) is 0 Å². The Hall–Kier alpha value is -2.77. The zero-order chi connectivity index (χ0) is 15.6. The maximum atomic E-state index is 12.1. The first kappa shape index (κ1) is 14.6. The average molecular weight is 299 g/mol. The van der Waals surface area contributed by atoms with E-state index < -0.39 is 18.1 Å². The van der Waals surface area contributed by atoms with Crippen LogP contribution < -0.4 is 5.32 Å². The number of amides is 1. The van der Waals surface area contributed by atoms with Gasteiger partial charge in [0.25, 0.3) is 0 Å². The van der Waals surface area contributed by atoms with Gasteiger partial charge in [0.05, 0.1) is 0 Å². The normalized spacial score (nSPS) is 11.2. The number of alkyl halides is 3. The van der Waals surface area contributed by atoms with Gasteiger partial charge >= 0.3 is 18.1 Å². The number of nitrogens with one attached hydrogen (secondary N) is 1. The number of aromatic carboxylic acids is 1. The third-order valence-electron chi connectivity index (χ3n) is 2.50. The van der Waals surface area contributed by atoms with E-state index in [4.69, 9.17) is 9.52 Å². The first-order valence-corrected chi connectivity index (χ1v) is 5.59. The number of furan rings is 1. The van der Waals surface area contributed by atoms with Crippen LogP contribution in [0.1, 0.15) is 10.6 Å². The quantitative estimate of drug-likeness (QED) is 0.912. The highest BCUT2D eigenvalue weighted by atomic mass is 19.4. The van der Waals surface area contributed by atoms with Gasteiger partial charge in [-0.05, 0) is 36.4 Å². The summed E-state index contributed by atoms with van der Waals surface area (Å²) < 4.78 is 41.3. The smallest absolute Gasteiger partial charge is 0.471 e. The third-order valence-corrected chi connectivity index (χ3v) is 2.50. The molecular formula is C13H8F3NO4. The van der Waals surface area contributed by atoms with E-state index in [2.05, 4.69) is 0 Å². The minimum absolute atomic E-state index is 0.0360. The summed E-state index contributed by atoms with van der Waals surface area (Å²) >= 11 is 0. The number of halogens is 3. The first-order chi connectivity index (χ1) is 9.77. The lowest BCUT2D eigenvalue weighted by atomic mass is 10.1. The lowest BCUT2D eigenvalue weighted by molar-refractivity contribution is -0.167. The number of hydrogen-bond acceptors (Lipinski definition) is 3. The van der Waals surface area contributed by atoms with Crippen molar-refractivity contribution in [2.24, 2.45) is 0 Å². The number of anilines is 1. The molecule has 0 aliphatic heterocycles. The van der Waals surface area contributed by atoms with Crippen molar-refractivity contribution in [3.63, 3.8) is 0 Å². The van der Waals surface area contributed by atoms with E-state index >= 15 is 0 Å². The third kappa shape index (κ3) is 3.41. The summed E-state index contributed by atoms with van der Waals surface area (Å²) in [7, 11) is 0. The number of carboxylic acids is 1. The van der Waals surface area contributed by atoms with Gasteiger partial charge in [-0.3, -0.25) is 4.79 Å². The summed E-state index contributed by atoms with van der Waals surface area (Å²) in [4.78, 5) is 21.4. The molecule has 0 saturated heterocycles. The second kappa shape index (κ2) is 5.31. The Bertz CT molecular complexity index is 673. The van der Waals surface area contributed by atoms with Crippen molar-refractivity contribution in [1.82, 2.24) is 0 Å². The molecule has 2 aromatic rings. The Morgan fingerprint density at radius 1 is 1.05 bits per heavy atom. The number of hydrogen-bond donors (Lipinski definition) is 2. The monoisotopic (exact) mass is 299 g/mol. The first-order valence-electron chi connectivity index (χ1n) is 5.59. The van der Waals surface area contributed by atoms with Crippen LogP contribution in [0.3, 0.4) is 0 Å². The zero-order valence-electron chi connectivity index (χ0n) is 10.3. The summed E-state index contributed by atoms with van der Waals surface area (Å²) in [6.07, 6.45) is -4.96. The molecule has 0 bridgehead atoms. The van der Waals surface area contributed by atoms with Crippen LogP contribution in [0.15, 0.2) is 40.8 Å². The molecule has 8 heteroatoms. The van der Waals surface area contributed by atoms with Crippen LogP contribution in [0.4, 0.5) is 18.9 Å². The van der Waals surface area contributed by atoms with Crippen molar-refractivity contribution < 1.29 is 32.3 Å². The highest BCUT2D eigenvalue weighted by Crippen LogP contribution is 2.25. The molecule has 110 valence electrons. The van der Waals surface area contributed by atoms with Gasteiger partial charge in [0.2, 0.25) is 5.76 Å². The lowest BCUT2D eigenvalue weighted by Gasteiger charge is -2.08. The van der Waals surface area contributed by atoms with Crippen LogP contribution in [-0.4, -0.2) is 23.2 Å². The number of benzene rings is 1. The Labute approximate surface area is 116 Å². The van der Waals surface area contributed by atoms with Gasteiger partial charge in [0, 0.05) is 11.3 Å². The van der Waals surface area contributed by atoms with E-state index in [0.29, 0.717) is 5.56 Å². The zero-order valence-corrected chi connectivity index (χ0v) is 10.3. The second-order valence-electron chi connectivity index (χ2n) is 4.00. The lowest BCUT2D eigenvalue weighted by Crippen LogP contribution is -2.29. The highest BCUT2D eigenvalue weighted by molar-refractivity contribution is 5.95. The van der Waals surface area contributed by atoms with Crippen LogP contribution in [-0.2, 0) is 4.79 Å². The average Bonchev–Trinajstić information content (AvgIpc) is 2.88. The molecule has 0 spiro atoms. The van der Waals surface area contributed by atoms with E-state index in [0.717, 1.165) is 0 Å². The standard InChI is InChI=1S/C13H8F3NO4/c14-13(15,16)12(20)17-8-3-1-7(2-4-8)9-5-6-10(21-9)11(18)19/h1-6H,(H,17,20)(H,18,19). The summed E-state index contributed by atoms with van der Waals surface area (Å²) in [6.45, 7) is 0. The summed E-state index contributed by atoms with van der Waals surface area (Å²) in [6, 6.07) is 7.99. The number of carboxylic acid groups (broad SMARTS) is 1. The second-order valence-corrected chi connectivity index (χ2v) is 4.00. The van der Waals surface area contributed by atoms with Gasteiger partial charge in [-0.1, -0.05) is 0 Å². The van der Waals surface area contributed by atoms with Gasteiger partial charge in [0.15, 0.2) is 0 Å². The predicted molar refractivity (Wildman–Crippen MR) is 65.8 cm³/mol. The molecule has 5 nitrogen and oxygen atoms in total. The predicted octanol–water partition coefficient (Wildman–Crippen LogP) is 3.15. The molecule has 1 aromatic carbocycles. The Morgan fingerprint density at radius 3 is 2.14 bits per heavy atom. The van der Waals surface area contributed by atoms with Crippen LogP contribution in [0.25, 0.3) is 11.3 Å². The van der Waals surface area contributed by atoms with E-state index in [1.165, 1.54) is 36.4 Å². The Balaban J connectivity index is 2.15. The number of carbonyl (C=O) groups is 2. The van der Waals surface area contributed by atoms with Crippen molar-refractivity contribution in [3.05, 3.63) is 42.2 Å². The fourth-order valence-electron chi connectivity index (χ4n) is 1.53. The van der Waals surface area contributed by atoms with E-state index in [1.807, 2.05) is 0 Å². The molecule has 0 fully saturated rings. The SMILES string of the molecule is O=C(O)c1ccc(-c2ccc(NC(=O)C(F)(F)F)cc2)o1. The molecule has 2 N–H and O–H groups in total. The largest absolute Gasteiger partial charge is 0.475 e. The van der Waals surface area contributed by atoms with Crippen molar-refractivity contribution in [1.29, 1.82) is 0 Å². The topological polar surface area (TPSA) is 79.5 Å². The van der Waals surface area contributed by atoms with Crippen LogP contribution in [0.2, 0.25) is 0 Å². The molecule has 2 rings (SSSR count). The van der Waals surface area contributed by atoms with E-state index in [9.17, 15) is 22.8 Å². The van der Waals surface area contributed by atoms with Crippen molar-refractivity contribution in [2.45, 2.75) is 6.18 Å². The molecule has 1 amide bonds. The van der Waals surface area contributed by atoms with Crippen LogP contribution >= 0.6 is 0 Å². The van der Waals surface area contributed by atoms with E-state index in [-0.39, 0.29) is 17.2 Å². The molecule has 1 aromatic heterocycles. The highest BCUT2D eigenvalue weighted by Gasteiger charge is 2.38. The van der Waals surface area contributed by atoms with Gasteiger partial charge < -0.3 is 14.8 Å². The van der Waals surface area contributed by atoms with Crippen molar-refractivity contribution >= 4 is 17.6 Å².